The molecular weight excluding hydrogens is 360 g/mol. The van der Waals surface area contributed by atoms with Gasteiger partial charge in [0, 0.05) is 19.2 Å². The first-order chi connectivity index (χ1) is 12.6. The van der Waals surface area contributed by atoms with Gasteiger partial charge in [-0.1, -0.05) is 13.8 Å². The Kier molecular flexibility index (Phi) is 9.10. The van der Waals surface area contributed by atoms with Crippen LogP contribution in [0, 0.1) is 17.6 Å². The highest BCUT2D eigenvalue weighted by atomic mass is 19.1. The van der Waals surface area contributed by atoms with Crippen molar-refractivity contribution >= 4 is 12.0 Å². The summed E-state index contributed by atoms with van der Waals surface area (Å²) in [4.78, 5) is 22.9. The normalized spacial score (nSPS) is 14.5. The minimum Gasteiger partial charge on any atom is -0.465 e. The molecule has 0 aliphatic rings. The van der Waals surface area contributed by atoms with Gasteiger partial charge in [0.15, 0.2) is 0 Å². The van der Waals surface area contributed by atoms with E-state index in [0.29, 0.717) is 18.5 Å². The second-order valence-electron chi connectivity index (χ2n) is 6.87. The smallest absolute Gasteiger partial charge is 0.404 e. The molecule has 0 fully saturated rings. The molecule has 1 rings (SSSR count). The number of nitrogens with one attached hydrogen (secondary N) is 3. The van der Waals surface area contributed by atoms with Crippen LogP contribution < -0.4 is 16.0 Å². The third kappa shape index (κ3) is 8.78. The van der Waals surface area contributed by atoms with Crippen molar-refractivity contribution < 1.29 is 28.6 Å². The van der Waals surface area contributed by atoms with E-state index in [9.17, 15) is 23.5 Å². The zero-order valence-corrected chi connectivity index (χ0v) is 15.6. The lowest BCUT2D eigenvalue weighted by molar-refractivity contribution is -0.123. The van der Waals surface area contributed by atoms with Crippen LogP contribution in [0.2, 0.25) is 0 Å². The fraction of sp³-hybridized carbons (Fsp3) is 0.556. The van der Waals surface area contributed by atoms with Gasteiger partial charge in [-0.05, 0) is 37.0 Å². The summed E-state index contributed by atoms with van der Waals surface area (Å²) in [6.07, 6.45) is -2.70. The summed E-state index contributed by atoms with van der Waals surface area (Å²) in [7, 11) is 0. The summed E-state index contributed by atoms with van der Waals surface area (Å²) in [6, 6.07) is 1.24. The Morgan fingerprint density at radius 3 is 2.19 bits per heavy atom. The number of hydrogen-bond donors (Lipinski definition) is 5. The number of amides is 2. The quantitative estimate of drug-likeness (QED) is 0.415. The van der Waals surface area contributed by atoms with E-state index < -0.39 is 35.9 Å². The number of benzene rings is 1. The highest BCUT2D eigenvalue weighted by Gasteiger charge is 2.23. The van der Waals surface area contributed by atoms with Crippen molar-refractivity contribution in [1.82, 2.24) is 16.0 Å². The fourth-order valence-corrected chi connectivity index (χ4v) is 2.41. The van der Waals surface area contributed by atoms with Gasteiger partial charge < -0.3 is 26.2 Å². The Labute approximate surface area is 157 Å². The standard InChI is InChI=1S/C18H27F2N3O4/c1-10(2)8-22-17(25)11(3)21-9-16(24)15(23-18(26)27)6-12-4-13(19)7-14(20)5-12/h4-5,7,10-11,15-16,21,23-24H,6,8-9H2,1-3H3,(H,22,25)(H,26,27). The lowest BCUT2D eigenvalue weighted by Gasteiger charge is -2.25. The first kappa shape index (κ1) is 22.8. The van der Waals surface area contributed by atoms with Gasteiger partial charge in [-0.15, -0.1) is 0 Å². The Hall–Kier alpha value is -2.26. The van der Waals surface area contributed by atoms with Gasteiger partial charge in [-0.2, -0.15) is 0 Å². The number of carbonyl (C=O) groups is 2. The van der Waals surface area contributed by atoms with Gasteiger partial charge in [-0.25, -0.2) is 13.6 Å². The average molecular weight is 387 g/mol. The lowest BCUT2D eigenvalue weighted by Crippen LogP contribution is -2.51. The van der Waals surface area contributed by atoms with Crippen molar-refractivity contribution in [1.29, 1.82) is 0 Å². The summed E-state index contributed by atoms with van der Waals surface area (Å²) in [5.74, 6) is -1.53. The predicted octanol–water partition coefficient (Wildman–Crippen LogP) is 1.25. The highest BCUT2D eigenvalue weighted by molar-refractivity contribution is 5.81. The van der Waals surface area contributed by atoms with E-state index in [1.165, 1.54) is 0 Å². The van der Waals surface area contributed by atoms with Crippen molar-refractivity contribution in [3.63, 3.8) is 0 Å². The van der Waals surface area contributed by atoms with E-state index in [1.807, 2.05) is 13.8 Å². The number of rotatable bonds is 10. The Bertz CT molecular complexity index is 623. The molecule has 9 heteroatoms. The molecule has 0 radical (unpaired) electrons. The van der Waals surface area contributed by atoms with Crippen LogP contribution in [0.25, 0.3) is 0 Å². The third-order valence-corrected chi connectivity index (χ3v) is 3.86. The van der Waals surface area contributed by atoms with Gasteiger partial charge in [-0.3, -0.25) is 4.79 Å². The van der Waals surface area contributed by atoms with E-state index in [2.05, 4.69) is 16.0 Å². The number of aliphatic hydroxyl groups is 1. The molecule has 0 saturated heterocycles. The van der Waals surface area contributed by atoms with Crippen LogP contribution in [0.4, 0.5) is 13.6 Å². The van der Waals surface area contributed by atoms with Crippen LogP contribution in [0.5, 0.6) is 0 Å². The molecule has 152 valence electrons. The van der Waals surface area contributed by atoms with Crippen LogP contribution in [0.3, 0.4) is 0 Å². The Morgan fingerprint density at radius 2 is 1.67 bits per heavy atom. The van der Waals surface area contributed by atoms with Crippen LogP contribution >= 0.6 is 0 Å². The molecule has 5 N–H and O–H groups in total. The molecule has 3 atom stereocenters. The summed E-state index contributed by atoms with van der Waals surface area (Å²) in [5, 5.41) is 27.0. The summed E-state index contributed by atoms with van der Waals surface area (Å²) in [5.41, 5.74) is 0.202. The van der Waals surface area contributed by atoms with Crippen molar-refractivity contribution in [2.45, 2.75) is 45.4 Å². The zero-order valence-electron chi connectivity index (χ0n) is 15.6. The van der Waals surface area contributed by atoms with Crippen molar-refractivity contribution in [3.8, 4) is 0 Å². The molecule has 0 saturated carbocycles. The van der Waals surface area contributed by atoms with Crippen LogP contribution in [0.15, 0.2) is 18.2 Å². The summed E-state index contributed by atoms with van der Waals surface area (Å²) in [6.45, 7) is 5.96. The molecule has 2 amide bonds. The van der Waals surface area contributed by atoms with E-state index in [-0.39, 0.29) is 24.4 Å². The predicted molar refractivity (Wildman–Crippen MR) is 96.3 cm³/mol. The lowest BCUT2D eigenvalue weighted by atomic mass is 10.0. The maximum Gasteiger partial charge on any atom is 0.404 e. The zero-order chi connectivity index (χ0) is 20.6. The molecule has 0 spiro atoms. The van der Waals surface area contributed by atoms with Crippen LogP contribution in [0.1, 0.15) is 26.3 Å². The number of carboxylic acid groups (broad SMARTS) is 1. The van der Waals surface area contributed by atoms with Gasteiger partial charge in [0.25, 0.3) is 0 Å². The SMILES string of the molecule is CC(C)CNC(=O)C(C)NCC(O)C(Cc1cc(F)cc(F)c1)NC(=O)O. The van der Waals surface area contributed by atoms with Gasteiger partial charge >= 0.3 is 6.09 Å². The average Bonchev–Trinajstić information content (AvgIpc) is 2.55. The molecule has 0 bridgehead atoms. The number of hydrogen-bond acceptors (Lipinski definition) is 4. The topological polar surface area (TPSA) is 111 Å². The summed E-state index contributed by atoms with van der Waals surface area (Å²) >= 11 is 0. The highest BCUT2D eigenvalue weighted by Crippen LogP contribution is 2.12. The van der Waals surface area contributed by atoms with Crippen molar-refractivity contribution in [2.75, 3.05) is 13.1 Å². The van der Waals surface area contributed by atoms with Gasteiger partial charge in [0.1, 0.15) is 11.6 Å². The van der Waals surface area contributed by atoms with E-state index in [0.717, 1.165) is 12.1 Å². The maximum atomic E-state index is 13.3. The first-order valence-electron chi connectivity index (χ1n) is 8.72. The molecule has 0 aliphatic carbocycles. The Morgan fingerprint density at radius 1 is 1.07 bits per heavy atom. The molecule has 0 heterocycles. The molecule has 0 aromatic heterocycles. The second-order valence-corrected chi connectivity index (χ2v) is 6.87. The molecular formula is C18H27F2N3O4. The second kappa shape index (κ2) is 10.8. The molecule has 1 aromatic rings. The number of carbonyl (C=O) groups excluding carboxylic acids is 1. The molecule has 0 aliphatic heterocycles. The minimum absolute atomic E-state index is 0.0843. The van der Waals surface area contributed by atoms with Crippen LogP contribution in [-0.4, -0.2) is 53.5 Å². The molecule has 27 heavy (non-hydrogen) atoms. The van der Waals surface area contributed by atoms with E-state index in [4.69, 9.17) is 5.11 Å². The first-order valence-corrected chi connectivity index (χ1v) is 8.72. The fourth-order valence-electron chi connectivity index (χ4n) is 2.41. The van der Waals surface area contributed by atoms with Gasteiger partial charge in [0.2, 0.25) is 5.91 Å². The van der Waals surface area contributed by atoms with Crippen LogP contribution in [-0.2, 0) is 11.2 Å². The Balaban J connectivity index is 2.67. The third-order valence-electron chi connectivity index (χ3n) is 3.86. The van der Waals surface area contributed by atoms with Crippen molar-refractivity contribution in [2.24, 2.45) is 5.92 Å². The molecule has 1 aromatic carbocycles. The summed E-state index contributed by atoms with van der Waals surface area (Å²) < 4.78 is 26.6. The van der Waals surface area contributed by atoms with Gasteiger partial charge in [0.05, 0.1) is 18.2 Å². The largest absolute Gasteiger partial charge is 0.465 e. The molecule has 3 unspecified atom stereocenters. The molecule has 7 nitrogen and oxygen atoms in total. The minimum atomic E-state index is -1.38. The van der Waals surface area contributed by atoms with E-state index >= 15 is 0 Å². The number of halogens is 2. The monoisotopic (exact) mass is 387 g/mol. The van der Waals surface area contributed by atoms with Crippen molar-refractivity contribution in [3.05, 3.63) is 35.4 Å². The maximum absolute atomic E-state index is 13.3. The number of aliphatic hydroxyl groups excluding tert-OH is 1. The van der Waals surface area contributed by atoms with E-state index in [1.54, 1.807) is 6.92 Å².